The number of nitrogens with one attached hydrogen (secondary N) is 1. The fraction of sp³-hybridized carbons (Fsp3) is 0.333. The first-order chi connectivity index (χ1) is 11.7. The highest BCUT2D eigenvalue weighted by Gasteiger charge is 2.27. The van der Waals surface area contributed by atoms with Crippen molar-refractivity contribution in [1.82, 2.24) is 25.1 Å². The summed E-state index contributed by atoms with van der Waals surface area (Å²) in [7, 11) is 0. The second-order valence-electron chi connectivity index (χ2n) is 6.27. The maximum atomic E-state index is 13.0. The van der Waals surface area contributed by atoms with Gasteiger partial charge in [-0.25, -0.2) is 9.97 Å². The van der Waals surface area contributed by atoms with Crippen molar-refractivity contribution in [3.63, 3.8) is 0 Å². The van der Waals surface area contributed by atoms with E-state index < -0.39 is 0 Å². The maximum Gasteiger partial charge on any atom is 0.255 e. The molecule has 6 heteroatoms. The fourth-order valence-corrected chi connectivity index (χ4v) is 3.39. The standard InChI is InChI=1S/C18H19N5O/c1-12-15(10-13-4-2-7-19-17(13)21-12)18(24)23-9-3-5-14(11-23)16-6-8-20-22-16/h2,4,6-8,10,14H,3,5,9,11H2,1H3,(H,20,22)/t14-/m1/s1. The lowest BCUT2D eigenvalue weighted by Crippen LogP contribution is -2.39. The monoisotopic (exact) mass is 321 g/mol. The van der Waals surface area contributed by atoms with E-state index in [4.69, 9.17) is 0 Å². The van der Waals surface area contributed by atoms with Crippen LogP contribution in [0, 0.1) is 6.92 Å². The van der Waals surface area contributed by atoms with E-state index in [1.807, 2.05) is 36.1 Å². The summed E-state index contributed by atoms with van der Waals surface area (Å²) in [5, 5.41) is 7.96. The van der Waals surface area contributed by atoms with E-state index in [0.29, 0.717) is 23.7 Å². The number of fused-ring (bicyclic) bond motifs is 1. The molecule has 122 valence electrons. The molecule has 0 unspecified atom stereocenters. The zero-order chi connectivity index (χ0) is 16.5. The smallest absolute Gasteiger partial charge is 0.255 e. The second-order valence-corrected chi connectivity index (χ2v) is 6.27. The SMILES string of the molecule is Cc1nc2ncccc2cc1C(=O)N1CCC[C@@H](c2ccn[nH]2)C1. The number of likely N-dealkylation sites (tertiary alicyclic amines) is 1. The van der Waals surface area contributed by atoms with E-state index in [2.05, 4.69) is 20.2 Å². The van der Waals surface area contributed by atoms with Crippen LogP contribution in [-0.2, 0) is 0 Å². The average molecular weight is 321 g/mol. The molecule has 0 saturated carbocycles. The number of aromatic amines is 1. The third-order valence-corrected chi connectivity index (χ3v) is 4.68. The first-order valence-electron chi connectivity index (χ1n) is 8.23. The summed E-state index contributed by atoms with van der Waals surface area (Å²) < 4.78 is 0. The Kier molecular flexibility index (Phi) is 3.72. The van der Waals surface area contributed by atoms with E-state index in [1.54, 1.807) is 12.4 Å². The molecule has 3 aromatic heterocycles. The van der Waals surface area contributed by atoms with Gasteiger partial charge in [-0.2, -0.15) is 5.10 Å². The van der Waals surface area contributed by atoms with Crippen LogP contribution in [0.3, 0.4) is 0 Å². The quantitative estimate of drug-likeness (QED) is 0.787. The molecular formula is C18H19N5O. The van der Waals surface area contributed by atoms with Crippen molar-refractivity contribution in [3.05, 3.63) is 53.6 Å². The van der Waals surface area contributed by atoms with Crippen LogP contribution in [0.1, 0.15) is 40.5 Å². The summed E-state index contributed by atoms with van der Waals surface area (Å²) in [6.07, 6.45) is 5.55. The minimum Gasteiger partial charge on any atom is -0.338 e. The molecule has 0 bridgehead atoms. The average Bonchev–Trinajstić information content (AvgIpc) is 3.15. The van der Waals surface area contributed by atoms with Gasteiger partial charge in [-0.1, -0.05) is 0 Å². The highest BCUT2D eigenvalue weighted by atomic mass is 16.2. The summed E-state index contributed by atoms with van der Waals surface area (Å²) in [6, 6.07) is 7.71. The van der Waals surface area contributed by atoms with E-state index in [1.165, 1.54) is 0 Å². The van der Waals surface area contributed by atoms with Crippen molar-refractivity contribution in [3.8, 4) is 0 Å². The lowest BCUT2D eigenvalue weighted by atomic mass is 9.94. The van der Waals surface area contributed by atoms with E-state index in [0.717, 1.165) is 36.2 Å². The summed E-state index contributed by atoms with van der Waals surface area (Å²) in [5.41, 5.74) is 3.18. The van der Waals surface area contributed by atoms with Crippen LogP contribution in [0.2, 0.25) is 0 Å². The number of nitrogens with zero attached hydrogens (tertiary/aromatic N) is 4. The minimum absolute atomic E-state index is 0.0509. The Hall–Kier alpha value is -2.76. The normalized spacial score (nSPS) is 18.0. The number of aryl methyl sites for hydroxylation is 1. The number of aromatic nitrogens is 4. The van der Waals surface area contributed by atoms with Crippen molar-refractivity contribution in [2.24, 2.45) is 0 Å². The van der Waals surface area contributed by atoms with Crippen molar-refractivity contribution >= 4 is 16.9 Å². The van der Waals surface area contributed by atoms with Gasteiger partial charge in [0.2, 0.25) is 0 Å². The van der Waals surface area contributed by atoms with E-state index in [-0.39, 0.29) is 5.91 Å². The largest absolute Gasteiger partial charge is 0.338 e. The first kappa shape index (κ1) is 14.8. The topological polar surface area (TPSA) is 74.8 Å². The van der Waals surface area contributed by atoms with Crippen LogP contribution >= 0.6 is 0 Å². The van der Waals surface area contributed by atoms with E-state index in [9.17, 15) is 4.79 Å². The van der Waals surface area contributed by atoms with Crippen LogP contribution < -0.4 is 0 Å². The van der Waals surface area contributed by atoms with Crippen molar-refractivity contribution in [1.29, 1.82) is 0 Å². The van der Waals surface area contributed by atoms with Gasteiger partial charge in [0.25, 0.3) is 5.91 Å². The van der Waals surface area contributed by atoms with Gasteiger partial charge in [0.05, 0.1) is 11.3 Å². The Morgan fingerprint density at radius 2 is 2.25 bits per heavy atom. The van der Waals surface area contributed by atoms with Crippen LogP contribution in [0.15, 0.2) is 36.7 Å². The Morgan fingerprint density at radius 3 is 3.08 bits per heavy atom. The number of piperidine rings is 1. The highest BCUT2D eigenvalue weighted by molar-refractivity contribution is 5.98. The maximum absolute atomic E-state index is 13.0. The van der Waals surface area contributed by atoms with Crippen LogP contribution in [0.25, 0.3) is 11.0 Å². The molecule has 0 spiro atoms. The van der Waals surface area contributed by atoms with Gasteiger partial charge in [0, 0.05) is 42.5 Å². The molecule has 0 aliphatic carbocycles. The molecule has 1 aliphatic rings. The number of carbonyl (C=O) groups excluding carboxylic acids is 1. The van der Waals surface area contributed by atoms with E-state index >= 15 is 0 Å². The molecule has 3 aromatic rings. The number of hydrogen-bond acceptors (Lipinski definition) is 4. The van der Waals surface area contributed by atoms with Crippen LogP contribution in [0.4, 0.5) is 0 Å². The number of hydrogen-bond donors (Lipinski definition) is 1. The van der Waals surface area contributed by atoms with Crippen molar-refractivity contribution in [2.45, 2.75) is 25.7 Å². The molecule has 1 N–H and O–H groups in total. The van der Waals surface area contributed by atoms with Gasteiger partial charge in [-0.15, -0.1) is 0 Å². The van der Waals surface area contributed by atoms with Gasteiger partial charge in [0.1, 0.15) is 0 Å². The number of rotatable bonds is 2. The summed E-state index contributed by atoms with van der Waals surface area (Å²) >= 11 is 0. The summed E-state index contributed by atoms with van der Waals surface area (Å²) in [5.74, 6) is 0.371. The van der Waals surface area contributed by atoms with Crippen LogP contribution in [0.5, 0.6) is 0 Å². The van der Waals surface area contributed by atoms with Gasteiger partial charge in [-0.3, -0.25) is 9.89 Å². The predicted molar refractivity (Wildman–Crippen MR) is 90.7 cm³/mol. The molecule has 1 saturated heterocycles. The third-order valence-electron chi connectivity index (χ3n) is 4.68. The fourth-order valence-electron chi connectivity index (χ4n) is 3.39. The zero-order valence-electron chi connectivity index (χ0n) is 13.6. The number of H-pyrrole nitrogens is 1. The van der Waals surface area contributed by atoms with Crippen molar-refractivity contribution < 1.29 is 4.79 Å². The molecule has 1 amide bonds. The Bertz CT molecular complexity index is 874. The van der Waals surface area contributed by atoms with Gasteiger partial charge in [-0.05, 0) is 44.0 Å². The molecule has 6 nitrogen and oxygen atoms in total. The van der Waals surface area contributed by atoms with Gasteiger partial charge >= 0.3 is 0 Å². The minimum atomic E-state index is 0.0509. The highest BCUT2D eigenvalue weighted by Crippen LogP contribution is 2.27. The van der Waals surface area contributed by atoms with Crippen molar-refractivity contribution in [2.75, 3.05) is 13.1 Å². The molecule has 1 aliphatic heterocycles. The Morgan fingerprint density at radius 1 is 1.33 bits per heavy atom. The molecule has 1 fully saturated rings. The lowest BCUT2D eigenvalue weighted by molar-refractivity contribution is 0.0705. The molecule has 1 atom stereocenters. The molecule has 4 heterocycles. The number of pyridine rings is 2. The Labute approximate surface area is 139 Å². The number of amides is 1. The zero-order valence-corrected chi connectivity index (χ0v) is 13.6. The summed E-state index contributed by atoms with van der Waals surface area (Å²) in [4.78, 5) is 23.7. The Balaban J connectivity index is 1.62. The number of carbonyl (C=O) groups is 1. The summed E-state index contributed by atoms with van der Waals surface area (Å²) in [6.45, 7) is 3.37. The molecule has 4 rings (SSSR count). The second kappa shape index (κ2) is 6.03. The molecule has 24 heavy (non-hydrogen) atoms. The van der Waals surface area contributed by atoms with Gasteiger partial charge < -0.3 is 4.90 Å². The van der Waals surface area contributed by atoms with Gasteiger partial charge in [0.15, 0.2) is 5.65 Å². The molecule has 0 aromatic carbocycles. The third kappa shape index (κ3) is 2.64. The molecule has 0 radical (unpaired) electrons. The molecular weight excluding hydrogens is 302 g/mol. The van der Waals surface area contributed by atoms with Crippen LogP contribution in [-0.4, -0.2) is 44.1 Å². The first-order valence-corrected chi connectivity index (χ1v) is 8.23. The lowest BCUT2D eigenvalue weighted by Gasteiger charge is -2.32. The predicted octanol–water partition coefficient (Wildman–Crippen LogP) is 2.68.